The Morgan fingerprint density at radius 2 is 1.91 bits per heavy atom. The molecule has 3 aromatic rings. The van der Waals surface area contributed by atoms with Crippen LogP contribution in [0.5, 0.6) is 0 Å². The molecule has 1 aromatic carbocycles. The minimum absolute atomic E-state index is 0.159. The summed E-state index contributed by atoms with van der Waals surface area (Å²) in [6.45, 7) is 1.56. The van der Waals surface area contributed by atoms with Gasteiger partial charge in [0.25, 0.3) is 11.6 Å². The maximum absolute atomic E-state index is 13.0. The van der Waals surface area contributed by atoms with E-state index in [0.717, 1.165) is 12.3 Å². The molecule has 0 unspecified atom stereocenters. The standard InChI is InChI=1S/C20H18F3N7O3/c21-20(22,23)15-3-5-18(25-11-15)27-6-1-7-28(9-8-27)19(31)14-2-4-16(17(10-14)30(32)33)29-13-24-12-26-29/h2-5,10-13H,1,6-9H2. The Balaban J connectivity index is 1.49. The Labute approximate surface area is 185 Å². The average Bonchev–Trinajstić information content (AvgIpc) is 3.22. The lowest BCUT2D eigenvalue weighted by molar-refractivity contribution is -0.384. The highest BCUT2D eigenvalue weighted by molar-refractivity contribution is 5.95. The zero-order valence-electron chi connectivity index (χ0n) is 17.1. The number of pyridine rings is 1. The van der Waals surface area contributed by atoms with Crippen LogP contribution in [0.2, 0.25) is 0 Å². The van der Waals surface area contributed by atoms with Crippen molar-refractivity contribution in [1.29, 1.82) is 0 Å². The van der Waals surface area contributed by atoms with Gasteiger partial charge in [0, 0.05) is 44.0 Å². The molecule has 0 aliphatic carbocycles. The fourth-order valence-corrected chi connectivity index (χ4v) is 3.60. The van der Waals surface area contributed by atoms with Crippen LogP contribution in [0, 0.1) is 10.1 Å². The van der Waals surface area contributed by atoms with Crippen LogP contribution in [0.15, 0.2) is 49.2 Å². The number of anilines is 1. The van der Waals surface area contributed by atoms with Gasteiger partial charge < -0.3 is 9.80 Å². The fourth-order valence-electron chi connectivity index (χ4n) is 3.60. The quantitative estimate of drug-likeness (QED) is 0.434. The van der Waals surface area contributed by atoms with Crippen molar-refractivity contribution >= 4 is 17.4 Å². The van der Waals surface area contributed by atoms with Crippen LogP contribution in [0.4, 0.5) is 24.7 Å². The number of nitro groups is 1. The summed E-state index contributed by atoms with van der Waals surface area (Å²) in [5.41, 5.74) is -0.762. The highest BCUT2D eigenvalue weighted by Gasteiger charge is 2.31. The van der Waals surface area contributed by atoms with E-state index in [1.54, 1.807) is 4.90 Å². The summed E-state index contributed by atoms with van der Waals surface area (Å²) >= 11 is 0. The van der Waals surface area contributed by atoms with Gasteiger partial charge in [-0.1, -0.05) is 0 Å². The third kappa shape index (κ3) is 4.76. The molecule has 0 radical (unpaired) electrons. The molecule has 33 heavy (non-hydrogen) atoms. The fraction of sp³-hybridized carbons (Fsp3) is 0.300. The normalized spacial score (nSPS) is 14.8. The van der Waals surface area contributed by atoms with Gasteiger partial charge in [-0.05, 0) is 30.7 Å². The lowest BCUT2D eigenvalue weighted by Crippen LogP contribution is -2.35. The molecule has 13 heteroatoms. The molecular formula is C20H18F3N7O3. The number of nitro benzene ring substituents is 1. The van der Waals surface area contributed by atoms with Gasteiger partial charge in [-0.2, -0.15) is 18.3 Å². The van der Waals surface area contributed by atoms with Crippen molar-refractivity contribution in [3.63, 3.8) is 0 Å². The number of amides is 1. The Kier molecular flexibility index (Phi) is 5.94. The van der Waals surface area contributed by atoms with Gasteiger partial charge >= 0.3 is 6.18 Å². The molecule has 2 aromatic heterocycles. The first-order valence-corrected chi connectivity index (χ1v) is 9.95. The first-order chi connectivity index (χ1) is 15.7. The SMILES string of the molecule is O=C(c1ccc(-n2cncn2)c([N+](=O)[O-])c1)N1CCCN(c2ccc(C(F)(F)F)cn2)CC1. The maximum atomic E-state index is 13.0. The Hall–Kier alpha value is -4.03. The molecule has 0 saturated carbocycles. The number of aromatic nitrogens is 4. The molecule has 4 rings (SSSR count). The first kappa shape index (κ1) is 22.2. The van der Waals surface area contributed by atoms with Crippen LogP contribution in [-0.4, -0.2) is 61.7 Å². The van der Waals surface area contributed by atoms with E-state index < -0.39 is 16.7 Å². The largest absolute Gasteiger partial charge is 0.417 e. The topological polar surface area (TPSA) is 110 Å². The predicted octanol–water partition coefficient (Wildman–Crippen LogP) is 2.94. The van der Waals surface area contributed by atoms with Crippen LogP contribution in [0.3, 0.4) is 0 Å². The Bertz CT molecular complexity index is 1150. The van der Waals surface area contributed by atoms with Crippen molar-refractivity contribution < 1.29 is 22.9 Å². The molecule has 1 fully saturated rings. The average molecular weight is 461 g/mol. The number of nitrogens with zero attached hydrogens (tertiary/aromatic N) is 7. The van der Waals surface area contributed by atoms with Gasteiger partial charge in [-0.15, -0.1) is 0 Å². The molecule has 0 N–H and O–H groups in total. The monoisotopic (exact) mass is 461 g/mol. The minimum atomic E-state index is -4.46. The minimum Gasteiger partial charge on any atom is -0.355 e. The van der Waals surface area contributed by atoms with E-state index in [-0.39, 0.29) is 22.8 Å². The van der Waals surface area contributed by atoms with Crippen molar-refractivity contribution in [3.8, 4) is 5.69 Å². The van der Waals surface area contributed by atoms with Crippen LogP contribution >= 0.6 is 0 Å². The van der Waals surface area contributed by atoms with E-state index in [1.807, 2.05) is 4.90 Å². The summed E-state index contributed by atoms with van der Waals surface area (Å²) in [5, 5.41) is 15.4. The Morgan fingerprint density at radius 3 is 2.55 bits per heavy atom. The summed E-state index contributed by atoms with van der Waals surface area (Å²) in [4.78, 5) is 35.1. The van der Waals surface area contributed by atoms with Gasteiger partial charge in [0.05, 0.1) is 10.5 Å². The maximum Gasteiger partial charge on any atom is 0.417 e. The zero-order valence-corrected chi connectivity index (χ0v) is 17.1. The van der Waals surface area contributed by atoms with Gasteiger partial charge in [0.2, 0.25) is 0 Å². The van der Waals surface area contributed by atoms with Gasteiger partial charge in [-0.3, -0.25) is 14.9 Å². The van der Waals surface area contributed by atoms with Crippen LogP contribution in [-0.2, 0) is 6.18 Å². The van der Waals surface area contributed by atoms with Crippen molar-refractivity contribution in [2.24, 2.45) is 0 Å². The molecule has 1 aliphatic rings. The van der Waals surface area contributed by atoms with Gasteiger partial charge in [0.1, 0.15) is 24.2 Å². The van der Waals surface area contributed by atoms with E-state index in [1.165, 1.54) is 41.6 Å². The van der Waals surface area contributed by atoms with E-state index in [0.29, 0.717) is 38.4 Å². The lowest BCUT2D eigenvalue weighted by Gasteiger charge is -2.23. The van der Waals surface area contributed by atoms with Crippen LogP contribution in [0.1, 0.15) is 22.3 Å². The highest BCUT2D eigenvalue weighted by Crippen LogP contribution is 2.29. The van der Waals surface area contributed by atoms with E-state index in [4.69, 9.17) is 0 Å². The molecular weight excluding hydrogens is 443 g/mol. The third-order valence-corrected chi connectivity index (χ3v) is 5.27. The number of rotatable bonds is 4. The molecule has 1 saturated heterocycles. The van der Waals surface area contributed by atoms with E-state index in [2.05, 4.69) is 15.1 Å². The van der Waals surface area contributed by atoms with Crippen molar-refractivity contribution in [2.75, 3.05) is 31.1 Å². The smallest absolute Gasteiger partial charge is 0.355 e. The summed E-state index contributed by atoms with van der Waals surface area (Å²) in [5.74, 6) is 0.0237. The molecule has 1 aliphatic heterocycles. The third-order valence-electron chi connectivity index (χ3n) is 5.27. The summed E-state index contributed by atoms with van der Waals surface area (Å²) in [6.07, 6.45) is -0.536. The number of hydrogen-bond acceptors (Lipinski definition) is 7. The van der Waals surface area contributed by atoms with Crippen molar-refractivity contribution in [2.45, 2.75) is 12.6 Å². The van der Waals surface area contributed by atoms with Gasteiger partial charge in [-0.25, -0.2) is 14.6 Å². The molecule has 0 bridgehead atoms. The summed E-state index contributed by atoms with van der Waals surface area (Å²) < 4.78 is 39.5. The second-order valence-corrected chi connectivity index (χ2v) is 7.34. The number of alkyl halides is 3. The summed E-state index contributed by atoms with van der Waals surface area (Å²) in [7, 11) is 0. The molecule has 0 spiro atoms. The van der Waals surface area contributed by atoms with E-state index >= 15 is 0 Å². The number of halogens is 3. The molecule has 0 atom stereocenters. The van der Waals surface area contributed by atoms with Gasteiger partial charge in [0.15, 0.2) is 0 Å². The predicted molar refractivity (Wildman–Crippen MR) is 110 cm³/mol. The van der Waals surface area contributed by atoms with E-state index in [9.17, 15) is 28.1 Å². The highest BCUT2D eigenvalue weighted by atomic mass is 19.4. The number of carbonyl (C=O) groups excluding carboxylic acids is 1. The van der Waals surface area contributed by atoms with Crippen molar-refractivity contribution in [1.82, 2.24) is 24.6 Å². The van der Waals surface area contributed by atoms with Crippen LogP contribution < -0.4 is 4.90 Å². The second kappa shape index (κ2) is 8.84. The number of carbonyl (C=O) groups is 1. The second-order valence-electron chi connectivity index (χ2n) is 7.34. The Morgan fingerprint density at radius 1 is 1.09 bits per heavy atom. The number of benzene rings is 1. The van der Waals surface area contributed by atoms with Crippen molar-refractivity contribution in [3.05, 3.63) is 70.4 Å². The molecule has 10 nitrogen and oxygen atoms in total. The number of hydrogen-bond donors (Lipinski definition) is 0. The molecule has 172 valence electrons. The summed E-state index contributed by atoms with van der Waals surface area (Å²) in [6, 6.07) is 6.43. The zero-order chi connectivity index (χ0) is 23.6. The van der Waals surface area contributed by atoms with Crippen LogP contribution in [0.25, 0.3) is 5.69 Å². The first-order valence-electron chi connectivity index (χ1n) is 9.95. The molecule has 1 amide bonds. The lowest BCUT2D eigenvalue weighted by atomic mass is 10.1. The molecule has 3 heterocycles.